The Labute approximate surface area is 118 Å². The van der Waals surface area contributed by atoms with Gasteiger partial charge < -0.3 is 4.74 Å². The summed E-state index contributed by atoms with van der Waals surface area (Å²) in [6.45, 7) is 0. The standard InChI is InChI=1S/C16H8FN2O2/c1-20-13-3-2-7(17)4-10(13)8-6-12-14(11-5-9(8)11)18-16-15(12)19-21-16/h2-6H,1H3/q+1. The number of benzene rings is 2. The zero-order valence-electron chi connectivity index (χ0n) is 11.0. The fourth-order valence-electron chi connectivity index (χ4n) is 2.85. The topological polar surface area (TPSA) is 45.8 Å². The molecule has 1 aromatic heterocycles. The lowest BCUT2D eigenvalue weighted by Crippen LogP contribution is -1.88. The van der Waals surface area contributed by atoms with Crippen LogP contribution in [0.5, 0.6) is 11.6 Å². The Kier molecular flexibility index (Phi) is 1.78. The third-order valence-corrected chi connectivity index (χ3v) is 3.93. The molecule has 0 atom stereocenters. The van der Waals surface area contributed by atoms with E-state index in [0.29, 0.717) is 11.6 Å². The molecule has 0 radical (unpaired) electrons. The van der Waals surface area contributed by atoms with E-state index in [-0.39, 0.29) is 5.82 Å². The molecule has 3 aromatic carbocycles. The third kappa shape index (κ3) is 1.30. The van der Waals surface area contributed by atoms with Crippen molar-refractivity contribution in [2.75, 3.05) is 7.11 Å². The van der Waals surface area contributed by atoms with E-state index in [1.165, 1.54) is 12.1 Å². The first kappa shape index (κ1) is 10.9. The summed E-state index contributed by atoms with van der Waals surface area (Å²) in [7, 11) is 1.58. The van der Waals surface area contributed by atoms with E-state index in [2.05, 4.69) is 10.2 Å². The fourth-order valence-corrected chi connectivity index (χ4v) is 2.85. The van der Waals surface area contributed by atoms with Crippen LogP contribution in [0, 0.1) is 10.4 Å². The summed E-state index contributed by atoms with van der Waals surface area (Å²) in [5, 5.41) is 6.98. The molecule has 4 nitrogen and oxygen atoms in total. The second kappa shape index (κ2) is 3.44. The van der Waals surface area contributed by atoms with E-state index in [0.717, 1.165) is 38.5 Å². The first-order valence-electron chi connectivity index (χ1n) is 6.50. The summed E-state index contributed by atoms with van der Waals surface area (Å²) in [6.07, 6.45) is 0. The maximum Gasteiger partial charge on any atom is 0.533 e. The van der Waals surface area contributed by atoms with E-state index in [1.54, 1.807) is 13.2 Å². The SMILES string of the molecule is COc1ccc(F)cc1-c1cc2c3c(nc2c2cc12)[O+]=N3. The number of hydrogen-bond donors (Lipinski definition) is 0. The highest BCUT2D eigenvalue weighted by Crippen LogP contribution is 2.51. The number of ether oxygens (including phenoxy) is 1. The predicted octanol–water partition coefficient (Wildman–Crippen LogP) is 4.74. The highest BCUT2D eigenvalue weighted by molar-refractivity contribution is 6.24. The maximum atomic E-state index is 13.6. The monoisotopic (exact) mass is 279 g/mol. The second-order valence-electron chi connectivity index (χ2n) is 5.08. The van der Waals surface area contributed by atoms with Crippen molar-refractivity contribution >= 4 is 27.4 Å². The van der Waals surface area contributed by atoms with Gasteiger partial charge in [0.15, 0.2) is 5.18 Å². The van der Waals surface area contributed by atoms with Crippen molar-refractivity contribution in [2.24, 2.45) is 5.18 Å². The Morgan fingerprint density at radius 2 is 1.95 bits per heavy atom. The minimum absolute atomic E-state index is 0.290. The van der Waals surface area contributed by atoms with Gasteiger partial charge in [0.1, 0.15) is 11.6 Å². The first-order valence-corrected chi connectivity index (χ1v) is 6.50. The van der Waals surface area contributed by atoms with Crippen LogP contribution in [0.15, 0.2) is 35.5 Å². The van der Waals surface area contributed by atoms with Crippen LogP contribution in [0.25, 0.3) is 32.8 Å². The van der Waals surface area contributed by atoms with Crippen molar-refractivity contribution in [3.8, 4) is 22.8 Å². The second-order valence-corrected chi connectivity index (χ2v) is 5.08. The van der Waals surface area contributed by atoms with E-state index in [1.807, 2.05) is 12.1 Å². The Morgan fingerprint density at radius 3 is 2.71 bits per heavy atom. The number of hydrogen-bond acceptors (Lipinski definition) is 3. The number of rotatable bonds is 2. The lowest BCUT2D eigenvalue weighted by Gasteiger charge is -2.08. The first-order chi connectivity index (χ1) is 10.3. The molecule has 5 rings (SSSR count). The van der Waals surface area contributed by atoms with E-state index in [9.17, 15) is 4.39 Å². The van der Waals surface area contributed by atoms with Crippen LogP contribution in [0.2, 0.25) is 0 Å². The molecule has 0 amide bonds. The van der Waals surface area contributed by atoms with Crippen LogP contribution < -0.4 is 4.74 Å². The Hall–Kier alpha value is -2.82. The van der Waals surface area contributed by atoms with E-state index >= 15 is 0 Å². The molecular formula is C16H8FN2O2+. The molecule has 0 aliphatic carbocycles. The normalized spacial score (nSPS) is 13.0. The van der Waals surface area contributed by atoms with Crippen LogP contribution in [0.4, 0.5) is 10.1 Å². The van der Waals surface area contributed by atoms with Crippen LogP contribution in [-0.4, -0.2) is 12.1 Å². The summed E-state index contributed by atoms with van der Waals surface area (Å²) in [6, 6.07) is 8.53. The third-order valence-electron chi connectivity index (χ3n) is 3.93. The van der Waals surface area contributed by atoms with Crippen molar-refractivity contribution in [1.29, 1.82) is 0 Å². The largest absolute Gasteiger partial charge is 0.533 e. The lowest BCUT2D eigenvalue weighted by molar-refractivity contribution is 0.415. The molecule has 1 aliphatic heterocycles. The van der Waals surface area contributed by atoms with E-state index in [4.69, 9.17) is 9.27 Å². The Morgan fingerprint density at radius 1 is 1.05 bits per heavy atom. The minimum atomic E-state index is -0.290. The molecule has 1 aliphatic rings. The molecule has 0 N–H and O–H groups in total. The molecule has 2 heterocycles. The Bertz CT molecular complexity index is 1040. The van der Waals surface area contributed by atoms with Gasteiger partial charge in [0.05, 0.1) is 12.6 Å². The van der Waals surface area contributed by atoms with Gasteiger partial charge in [0, 0.05) is 16.3 Å². The van der Waals surface area contributed by atoms with Gasteiger partial charge in [-0.2, -0.15) is 4.98 Å². The van der Waals surface area contributed by atoms with Gasteiger partial charge in [-0.05, 0) is 45.8 Å². The van der Waals surface area contributed by atoms with E-state index < -0.39 is 0 Å². The molecule has 0 saturated carbocycles. The number of methoxy groups -OCH3 is 1. The highest BCUT2D eigenvalue weighted by atomic mass is 19.1. The van der Waals surface area contributed by atoms with Gasteiger partial charge in [-0.15, -0.1) is 0 Å². The molecule has 0 unspecified atom stereocenters. The number of nitroso groups, excluding NO2 is 1. The highest BCUT2D eigenvalue weighted by Gasteiger charge is 2.37. The molecule has 4 aromatic rings. The molecule has 0 bridgehead atoms. The molecule has 0 spiro atoms. The van der Waals surface area contributed by atoms with Gasteiger partial charge >= 0.3 is 11.6 Å². The summed E-state index contributed by atoms with van der Waals surface area (Å²) >= 11 is 0. The molecule has 0 saturated heterocycles. The van der Waals surface area contributed by atoms with Gasteiger partial charge in [-0.25, -0.2) is 4.39 Å². The van der Waals surface area contributed by atoms with Crippen molar-refractivity contribution in [3.63, 3.8) is 0 Å². The van der Waals surface area contributed by atoms with Crippen molar-refractivity contribution in [2.45, 2.75) is 0 Å². The number of nitrogens with zero attached hydrogens (tertiary/aromatic N) is 2. The minimum Gasteiger partial charge on any atom is -0.496 e. The van der Waals surface area contributed by atoms with Crippen molar-refractivity contribution in [3.05, 3.63) is 40.7 Å². The summed E-state index contributed by atoms with van der Waals surface area (Å²) in [4.78, 5) is 4.39. The van der Waals surface area contributed by atoms with Crippen LogP contribution >= 0.6 is 0 Å². The van der Waals surface area contributed by atoms with Gasteiger partial charge in [0.2, 0.25) is 0 Å². The van der Waals surface area contributed by atoms with Crippen LogP contribution in [0.3, 0.4) is 0 Å². The average molecular weight is 279 g/mol. The summed E-state index contributed by atoms with van der Waals surface area (Å²) in [5.41, 5.74) is 3.34. The smallest absolute Gasteiger partial charge is 0.496 e. The quantitative estimate of drug-likeness (QED) is 0.438. The average Bonchev–Trinajstić information content (AvgIpc) is 3.20. The summed E-state index contributed by atoms with van der Waals surface area (Å²) in [5.74, 6) is 0.919. The van der Waals surface area contributed by atoms with Gasteiger partial charge in [-0.3, -0.25) is 0 Å². The fraction of sp³-hybridized carbons (Fsp3) is 0.0625. The zero-order valence-corrected chi connectivity index (χ0v) is 11.0. The number of fused-ring (bicyclic) bond motifs is 5. The van der Waals surface area contributed by atoms with Crippen LogP contribution in [-0.2, 0) is 0 Å². The number of halogens is 1. The maximum absolute atomic E-state index is 13.6. The van der Waals surface area contributed by atoms with Gasteiger partial charge in [0.25, 0.3) is 0 Å². The molecule has 100 valence electrons. The van der Waals surface area contributed by atoms with Crippen molar-refractivity contribution < 1.29 is 9.13 Å². The van der Waals surface area contributed by atoms with Crippen molar-refractivity contribution in [1.82, 2.24) is 4.98 Å². The summed E-state index contributed by atoms with van der Waals surface area (Å²) < 4.78 is 23.9. The molecular weight excluding hydrogens is 271 g/mol. The predicted molar refractivity (Wildman–Crippen MR) is 78.5 cm³/mol. The van der Waals surface area contributed by atoms with Gasteiger partial charge in [-0.1, -0.05) is 0 Å². The van der Waals surface area contributed by atoms with Crippen LogP contribution in [0.1, 0.15) is 0 Å². The molecule has 21 heavy (non-hydrogen) atoms. The molecule has 5 heteroatoms. The zero-order chi connectivity index (χ0) is 14.1. The lowest BCUT2D eigenvalue weighted by atomic mass is 10.0. The number of aromatic nitrogens is 1. The Balaban J connectivity index is 1.84. The molecule has 0 fully saturated rings.